The lowest BCUT2D eigenvalue weighted by molar-refractivity contribution is -0.117. The zero-order chi connectivity index (χ0) is 13.0. The lowest BCUT2D eigenvalue weighted by atomic mass is 9.97. The van der Waals surface area contributed by atoms with Crippen molar-refractivity contribution in [1.29, 1.82) is 0 Å². The highest BCUT2D eigenvalue weighted by atomic mass is 32.1. The molecule has 0 aliphatic carbocycles. The van der Waals surface area contributed by atoms with Gasteiger partial charge in [0, 0.05) is 5.38 Å². The van der Waals surface area contributed by atoms with E-state index in [1.54, 1.807) is 0 Å². The fraction of sp³-hybridized carbons (Fsp3) is 0.667. The Bertz CT molecular complexity index is 399. The van der Waals surface area contributed by atoms with Gasteiger partial charge >= 0.3 is 0 Å². The van der Waals surface area contributed by atoms with Gasteiger partial charge in [-0.1, -0.05) is 0 Å². The van der Waals surface area contributed by atoms with E-state index < -0.39 is 0 Å². The monoisotopic (exact) mass is 268 g/mol. The summed E-state index contributed by atoms with van der Waals surface area (Å²) in [7, 11) is 0. The molecule has 2 rings (SSSR count). The molecule has 0 aromatic carbocycles. The third kappa shape index (κ3) is 3.76. The Morgan fingerprint density at radius 3 is 2.89 bits per heavy atom. The number of amides is 1. The minimum absolute atomic E-state index is 0.0237. The molecule has 1 aromatic heterocycles. The Morgan fingerprint density at radius 2 is 2.33 bits per heavy atom. The number of nitrogens with one attached hydrogen (secondary N) is 1. The molecule has 0 atom stereocenters. The summed E-state index contributed by atoms with van der Waals surface area (Å²) in [6, 6.07) is 0. The van der Waals surface area contributed by atoms with Crippen LogP contribution in [0, 0.1) is 12.8 Å². The topological polar surface area (TPSA) is 71.2 Å². The number of likely N-dealkylation sites (tertiary alicyclic amines) is 1. The first kappa shape index (κ1) is 13.5. The van der Waals surface area contributed by atoms with Crippen LogP contribution in [-0.2, 0) is 4.79 Å². The SMILES string of the molecule is Cc1csc(NC(=O)CN2CCC(CN)CC2)n1. The molecular formula is C12H20N4OS. The fourth-order valence-corrected chi connectivity index (χ4v) is 2.86. The molecule has 0 unspecified atom stereocenters. The van der Waals surface area contributed by atoms with E-state index in [4.69, 9.17) is 5.73 Å². The highest BCUT2D eigenvalue weighted by molar-refractivity contribution is 7.13. The van der Waals surface area contributed by atoms with Crippen LogP contribution >= 0.6 is 11.3 Å². The Kier molecular flexibility index (Phi) is 4.68. The van der Waals surface area contributed by atoms with Crippen molar-refractivity contribution in [3.63, 3.8) is 0 Å². The summed E-state index contributed by atoms with van der Waals surface area (Å²) in [4.78, 5) is 18.2. The van der Waals surface area contributed by atoms with E-state index >= 15 is 0 Å². The molecule has 1 aromatic rings. The second kappa shape index (κ2) is 6.26. The molecule has 1 fully saturated rings. The number of thiazole rings is 1. The van der Waals surface area contributed by atoms with Crippen LogP contribution in [0.5, 0.6) is 0 Å². The number of aryl methyl sites for hydroxylation is 1. The summed E-state index contributed by atoms with van der Waals surface area (Å²) >= 11 is 1.47. The summed E-state index contributed by atoms with van der Waals surface area (Å²) in [6.45, 7) is 5.07. The van der Waals surface area contributed by atoms with E-state index in [1.165, 1.54) is 11.3 Å². The smallest absolute Gasteiger partial charge is 0.240 e. The van der Waals surface area contributed by atoms with Gasteiger partial charge < -0.3 is 11.1 Å². The largest absolute Gasteiger partial charge is 0.330 e. The van der Waals surface area contributed by atoms with E-state index in [0.717, 1.165) is 38.2 Å². The standard InChI is InChI=1S/C12H20N4OS/c1-9-8-18-12(14-9)15-11(17)7-16-4-2-10(6-13)3-5-16/h8,10H,2-7,13H2,1H3,(H,14,15,17). The number of nitrogens with zero attached hydrogens (tertiary/aromatic N) is 2. The third-order valence-electron chi connectivity index (χ3n) is 3.27. The summed E-state index contributed by atoms with van der Waals surface area (Å²) in [6.07, 6.45) is 2.19. The number of hydrogen-bond acceptors (Lipinski definition) is 5. The van der Waals surface area contributed by atoms with Crippen LogP contribution in [-0.4, -0.2) is 42.0 Å². The van der Waals surface area contributed by atoms with Crippen LogP contribution in [0.3, 0.4) is 0 Å². The van der Waals surface area contributed by atoms with Crippen LogP contribution in [0.4, 0.5) is 5.13 Å². The van der Waals surface area contributed by atoms with Crippen molar-refractivity contribution < 1.29 is 4.79 Å². The van der Waals surface area contributed by atoms with Crippen molar-refractivity contribution in [2.24, 2.45) is 11.7 Å². The van der Waals surface area contributed by atoms with Crippen molar-refractivity contribution in [1.82, 2.24) is 9.88 Å². The summed E-state index contributed by atoms with van der Waals surface area (Å²) in [5.41, 5.74) is 6.59. The van der Waals surface area contributed by atoms with Crippen molar-refractivity contribution in [3.05, 3.63) is 11.1 Å². The number of hydrogen-bond donors (Lipinski definition) is 2. The number of carbonyl (C=O) groups excluding carboxylic acids is 1. The number of aromatic nitrogens is 1. The van der Waals surface area contributed by atoms with Crippen molar-refractivity contribution in [3.8, 4) is 0 Å². The number of piperidine rings is 1. The Labute approximate surface area is 111 Å². The highest BCUT2D eigenvalue weighted by Gasteiger charge is 2.19. The van der Waals surface area contributed by atoms with E-state index in [1.807, 2.05) is 12.3 Å². The number of anilines is 1. The first-order chi connectivity index (χ1) is 8.67. The molecule has 1 saturated heterocycles. The van der Waals surface area contributed by atoms with Gasteiger partial charge in [-0.3, -0.25) is 9.69 Å². The van der Waals surface area contributed by atoms with E-state index in [9.17, 15) is 4.79 Å². The zero-order valence-corrected chi connectivity index (χ0v) is 11.5. The Balaban J connectivity index is 1.75. The minimum atomic E-state index is 0.0237. The molecule has 3 N–H and O–H groups in total. The van der Waals surface area contributed by atoms with Gasteiger partial charge in [0.1, 0.15) is 0 Å². The normalized spacial score (nSPS) is 17.9. The lowest BCUT2D eigenvalue weighted by Gasteiger charge is -2.30. The van der Waals surface area contributed by atoms with Gasteiger partial charge in [0.05, 0.1) is 12.2 Å². The van der Waals surface area contributed by atoms with Crippen LogP contribution in [0.2, 0.25) is 0 Å². The molecule has 5 nitrogen and oxygen atoms in total. The maximum Gasteiger partial charge on any atom is 0.240 e. The maximum absolute atomic E-state index is 11.8. The summed E-state index contributed by atoms with van der Waals surface area (Å²) < 4.78 is 0. The minimum Gasteiger partial charge on any atom is -0.330 e. The summed E-state index contributed by atoms with van der Waals surface area (Å²) in [5, 5.41) is 5.46. The Morgan fingerprint density at radius 1 is 1.61 bits per heavy atom. The van der Waals surface area contributed by atoms with Crippen molar-refractivity contribution in [2.45, 2.75) is 19.8 Å². The average molecular weight is 268 g/mol. The lowest BCUT2D eigenvalue weighted by Crippen LogP contribution is -2.40. The van der Waals surface area contributed by atoms with E-state index in [-0.39, 0.29) is 5.91 Å². The zero-order valence-electron chi connectivity index (χ0n) is 10.7. The number of carbonyl (C=O) groups is 1. The highest BCUT2D eigenvalue weighted by Crippen LogP contribution is 2.17. The van der Waals surface area contributed by atoms with Crippen LogP contribution in [0.1, 0.15) is 18.5 Å². The molecule has 1 aliphatic rings. The molecule has 2 heterocycles. The maximum atomic E-state index is 11.8. The third-order valence-corrected chi connectivity index (χ3v) is 4.15. The molecule has 0 radical (unpaired) electrons. The molecular weight excluding hydrogens is 248 g/mol. The molecule has 6 heteroatoms. The van der Waals surface area contributed by atoms with Crippen LogP contribution in [0.25, 0.3) is 0 Å². The van der Waals surface area contributed by atoms with Gasteiger partial charge in [-0.15, -0.1) is 11.3 Å². The average Bonchev–Trinajstić information content (AvgIpc) is 2.75. The number of rotatable bonds is 4. The van der Waals surface area contributed by atoms with Gasteiger partial charge in [-0.25, -0.2) is 4.98 Å². The Hall–Kier alpha value is -0.980. The van der Waals surface area contributed by atoms with Gasteiger partial charge in [-0.2, -0.15) is 0 Å². The van der Waals surface area contributed by atoms with Crippen molar-refractivity contribution in [2.75, 3.05) is 31.5 Å². The predicted molar refractivity (Wildman–Crippen MR) is 73.7 cm³/mol. The van der Waals surface area contributed by atoms with Gasteiger partial charge in [0.15, 0.2) is 5.13 Å². The number of nitrogens with two attached hydrogens (primary N) is 1. The summed E-state index contributed by atoms with van der Waals surface area (Å²) in [5.74, 6) is 0.654. The molecule has 0 saturated carbocycles. The molecule has 1 aliphatic heterocycles. The second-order valence-corrected chi connectivity index (χ2v) is 5.66. The second-order valence-electron chi connectivity index (χ2n) is 4.80. The van der Waals surface area contributed by atoms with E-state index in [2.05, 4.69) is 15.2 Å². The first-order valence-corrected chi connectivity index (χ1v) is 7.19. The van der Waals surface area contributed by atoms with Crippen LogP contribution < -0.4 is 11.1 Å². The van der Waals surface area contributed by atoms with Gasteiger partial charge in [0.25, 0.3) is 0 Å². The van der Waals surface area contributed by atoms with Gasteiger partial charge in [-0.05, 0) is 45.3 Å². The molecule has 0 bridgehead atoms. The van der Waals surface area contributed by atoms with Crippen LogP contribution in [0.15, 0.2) is 5.38 Å². The van der Waals surface area contributed by atoms with Gasteiger partial charge in [0.2, 0.25) is 5.91 Å². The van der Waals surface area contributed by atoms with E-state index in [0.29, 0.717) is 17.6 Å². The molecule has 18 heavy (non-hydrogen) atoms. The molecule has 1 amide bonds. The van der Waals surface area contributed by atoms with Crippen molar-refractivity contribution >= 4 is 22.4 Å². The predicted octanol–water partition coefficient (Wildman–Crippen LogP) is 1.06. The molecule has 100 valence electrons. The molecule has 0 spiro atoms. The quantitative estimate of drug-likeness (QED) is 0.856. The first-order valence-electron chi connectivity index (χ1n) is 6.32. The fourth-order valence-electron chi connectivity index (χ4n) is 2.15.